The Balaban J connectivity index is 1.75. The fourth-order valence-corrected chi connectivity index (χ4v) is 3.12. The number of hydrogen-bond acceptors (Lipinski definition) is 3. The first-order valence-corrected chi connectivity index (χ1v) is 8.48. The molecule has 0 saturated carbocycles. The smallest absolute Gasteiger partial charge is 0.236 e. The maximum absolute atomic E-state index is 12.2. The Bertz CT molecular complexity index is 353. The first kappa shape index (κ1) is 16.3. The van der Waals surface area contributed by atoms with Gasteiger partial charge in [0.05, 0.1) is 6.54 Å². The molecule has 0 aromatic heterocycles. The van der Waals surface area contributed by atoms with E-state index in [-0.39, 0.29) is 11.8 Å². The number of nitrogens with zero attached hydrogens (tertiary/aromatic N) is 3. The van der Waals surface area contributed by atoms with E-state index >= 15 is 0 Å². The molecule has 120 valence electrons. The summed E-state index contributed by atoms with van der Waals surface area (Å²) in [6.45, 7) is 7.86. The van der Waals surface area contributed by atoms with Crippen molar-refractivity contribution in [1.29, 1.82) is 0 Å². The Hall–Kier alpha value is -1.10. The number of hydrogen-bond donors (Lipinski definition) is 0. The molecule has 0 N–H and O–H groups in total. The van der Waals surface area contributed by atoms with E-state index in [0.717, 1.165) is 71.4 Å². The molecule has 0 aliphatic carbocycles. The fourth-order valence-electron chi connectivity index (χ4n) is 3.12. The molecule has 2 saturated heterocycles. The Kier molecular flexibility index (Phi) is 6.49. The quantitative estimate of drug-likeness (QED) is 0.768. The topological polar surface area (TPSA) is 43.9 Å². The number of likely N-dealkylation sites (tertiary alicyclic amines) is 1. The zero-order chi connectivity index (χ0) is 15.1. The average molecular weight is 295 g/mol. The highest BCUT2D eigenvalue weighted by Crippen LogP contribution is 2.10. The number of rotatable bonds is 5. The largest absolute Gasteiger partial charge is 0.342 e. The van der Waals surface area contributed by atoms with Gasteiger partial charge in [-0.15, -0.1) is 0 Å². The zero-order valence-electron chi connectivity index (χ0n) is 13.4. The molecule has 0 spiro atoms. The zero-order valence-corrected chi connectivity index (χ0v) is 13.4. The van der Waals surface area contributed by atoms with Crippen molar-refractivity contribution in [2.24, 2.45) is 0 Å². The van der Waals surface area contributed by atoms with E-state index in [0.29, 0.717) is 13.0 Å². The summed E-state index contributed by atoms with van der Waals surface area (Å²) in [5.41, 5.74) is 0. The number of carbonyl (C=O) groups is 2. The van der Waals surface area contributed by atoms with E-state index in [4.69, 9.17) is 0 Å². The van der Waals surface area contributed by atoms with Crippen LogP contribution < -0.4 is 0 Å². The van der Waals surface area contributed by atoms with Crippen molar-refractivity contribution in [2.45, 2.75) is 45.4 Å². The molecule has 0 radical (unpaired) electrons. The van der Waals surface area contributed by atoms with E-state index in [2.05, 4.69) is 11.8 Å². The highest BCUT2D eigenvalue weighted by atomic mass is 16.2. The van der Waals surface area contributed by atoms with Crippen LogP contribution in [0.5, 0.6) is 0 Å². The van der Waals surface area contributed by atoms with Crippen LogP contribution in [0.25, 0.3) is 0 Å². The summed E-state index contributed by atoms with van der Waals surface area (Å²) in [7, 11) is 0. The standard InChI is InChI=1S/C16H29N3O2/c1-2-3-7-15(20)19-11-6-8-17(12-13-19)14-16(21)18-9-4-5-10-18/h2-14H2,1H3. The minimum absolute atomic E-state index is 0.262. The van der Waals surface area contributed by atoms with E-state index in [1.54, 1.807) is 0 Å². The van der Waals surface area contributed by atoms with Gasteiger partial charge in [0.15, 0.2) is 0 Å². The van der Waals surface area contributed by atoms with Gasteiger partial charge in [-0.25, -0.2) is 0 Å². The van der Waals surface area contributed by atoms with Crippen LogP contribution in [0.15, 0.2) is 0 Å². The third-order valence-electron chi connectivity index (χ3n) is 4.50. The minimum Gasteiger partial charge on any atom is -0.342 e. The number of carbonyl (C=O) groups excluding carboxylic acids is 2. The molecule has 2 aliphatic heterocycles. The van der Waals surface area contributed by atoms with Crippen molar-refractivity contribution >= 4 is 11.8 Å². The summed E-state index contributed by atoms with van der Waals surface area (Å²) in [4.78, 5) is 30.4. The highest BCUT2D eigenvalue weighted by molar-refractivity contribution is 5.78. The van der Waals surface area contributed by atoms with Crippen LogP contribution in [0, 0.1) is 0 Å². The van der Waals surface area contributed by atoms with Crippen LogP contribution in [0.3, 0.4) is 0 Å². The monoisotopic (exact) mass is 295 g/mol. The Morgan fingerprint density at radius 1 is 0.810 bits per heavy atom. The van der Waals surface area contributed by atoms with E-state index in [1.165, 1.54) is 0 Å². The van der Waals surface area contributed by atoms with E-state index in [1.807, 2.05) is 9.80 Å². The SMILES string of the molecule is CCCCC(=O)N1CCCN(CC(=O)N2CCCC2)CC1. The molecule has 2 heterocycles. The predicted octanol–water partition coefficient (Wildman–Crippen LogP) is 1.33. The first-order valence-electron chi connectivity index (χ1n) is 8.48. The first-order chi connectivity index (χ1) is 10.2. The molecule has 21 heavy (non-hydrogen) atoms. The second-order valence-electron chi connectivity index (χ2n) is 6.20. The van der Waals surface area contributed by atoms with Gasteiger partial charge in [0, 0.05) is 45.7 Å². The van der Waals surface area contributed by atoms with Crippen LogP contribution in [-0.2, 0) is 9.59 Å². The van der Waals surface area contributed by atoms with Crippen molar-refractivity contribution in [3.63, 3.8) is 0 Å². The summed E-state index contributed by atoms with van der Waals surface area (Å²) in [5, 5.41) is 0. The second-order valence-corrected chi connectivity index (χ2v) is 6.20. The molecule has 5 nitrogen and oxygen atoms in total. The van der Waals surface area contributed by atoms with Crippen molar-refractivity contribution in [3.05, 3.63) is 0 Å². The van der Waals surface area contributed by atoms with Gasteiger partial charge in [-0.1, -0.05) is 13.3 Å². The molecule has 2 rings (SSSR count). The molecular formula is C16H29N3O2. The summed E-state index contributed by atoms with van der Waals surface area (Å²) in [5.74, 6) is 0.544. The Morgan fingerprint density at radius 2 is 1.48 bits per heavy atom. The third kappa shape index (κ3) is 4.99. The normalized spacial score (nSPS) is 20.6. The molecule has 2 aliphatic rings. The van der Waals surface area contributed by atoms with Gasteiger partial charge in [-0.2, -0.15) is 0 Å². The lowest BCUT2D eigenvalue weighted by Gasteiger charge is -2.24. The van der Waals surface area contributed by atoms with Gasteiger partial charge in [0.2, 0.25) is 11.8 Å². The summed E-state index contributed by atoms with van der Waals surface area (Å²) in [6.07, 6.45) is 5.98. The summed E-state index contributed by atoms with van der Waals surface area (Å²) < 4.78 is 0. The van der Waals surface area contributed by atoms with Crippen molar-refractivity contribution in [1.82, 2.24) is 14.7 Å². The lowest BCUT2D eigenvalue weighted by Crippen LogP contribution is -2.41. The Morgan fingerprint density at radius 3 is 2.19 bits per heavy atom. The summed E-state index contributed by atoms with van der Waals surface area (Å²) >= 11 is 0. The highest BCUT2D eigenvalue weighted by Gasteiger charge is 2.23. The van der Waals surface area contributed by atoms with Gasteiger partial charge in [0.1, 0.15) is 0 Å². The Labute approximate surface area is 128 Å². The van der Waals surface area contributed by atoms with Crippen LogP contribution >= 0.6 is 0 Å². The maximum Gasteiger partial charge on any atom is 0.236 e. The molecule has 0 unspecified atom stereocenters. The van der Waals surface area contributed by atoms with Crippen molar-refractivity contribution in [3.8, 4) is 0 Å². The van der Waals surface area contributed by atoms with Crippen LogP contribution in [-0.4, -0.2) is 72.3 Å². The molecule has 0 atom stereocenters. The van der Waals surface area contributed by atoms with Crippen LogP contribution in [0.4, 0.5) is 0 Å². The molecule has 0 bridgehead atoms. The number of amides is 2. The van der Waals surface area contributed by atoms with Crippen molar-refractivity contribution < 1.29 is 9.59 Å². The van der Waals surface area contributed by atoms with Crippen LogP contribution in [0.1, 0.15) is 45.4 Å². The number of unbranched alkanes of at least 4 members (excludes halogenated alkanes) is 1. The molecule has 0 aromatic carbocycles. The van der Waals surface area contributed by atoms with Gasteiger partial charge in [-0.05, 0) is 25.7 Å². The lowest BCUT2D eigenvalue weighted by atomic mass is 10.2. The van der Waals surface area contributed by atoms with Gasteiger partial charge >= 0.3 is 0 Å². The third-order valence-corrected chi connectivity index (χ3v) is 4.50. The molecule has 5 heteroatoms. The predicted molar refractivity (Wildman–Crippen MR) is 83.0 cm³/mol. The van der Waals surface area contributed by atoms with Gasteiger partial charge in [0.25, 0.3) is 0 Å². The molecule has 2 amide bonds. The second kappa shape index (κ2) is 8.37. The van der Waals surface area contributed by atoms with Gasteiger partial charge < -0.3 is 9.80 Å². The van der Waals surface area contributed by atoms with Crippen molar-refractivity contribution in [2.75, 3.05) is 45.8 Å². The fraction of sp³-hybridized carbons (Fsp3) is 0.875. The molecular weight excluding hydrogens is 266 g/mol. The molecule has 2 fully saturated rings. The van der Waals surface area contributed by atoms with E-state index in [9.17, 15) is 9.59 Å². The van der Waals surface area contributed by atoms with E-state index < -0.39 is 0 Å². The minimum atomic E-state index is 0.262. The molecule has 0 aromatic rings. The summed E-state index contributed by atoms with van der Waals surface area (Å²) in [6, 6.07) is 0. The van der Waals surface area contributed by atoms with Gasteiger partial charge in [-0.3, -0.25) is 14.5 Å². The lowest BCUT2D eigenvalue weighted by molar-refractivity contribution is -0.131. The maximum atomic E-state index is 12.2. The van der Waals surface area contributed by atoms with Crippen LogP contribution in [0.2, 0.25) is 0 Å². The average Bonchev–Trinajstić information content (AvgIpc) is 2.92.